The Morgan fingerprint density at radius 2 is 1.41 bits per heavy atom. The first-order valence-corrected chi connectivity index (χ1v) is 15.4. The highest BCUT2D eigenvalue weighted by molar-refractivity contribution is 8.04. The van der Waals surface area contributed by atoms with Crippen LogP contribution < -0.4 is 10.2 Å². The Labute approximate surface area is 249 Å². The van der Waals surface area contributed by atoms with Crippen molar-refractivity contribution >= 4 is 52.9 Å². The van der Waals surface area contributed by atoms with Gasteiger partial charge in [-0.1, -0.05) is 107 Å². The van der Waals surface area contributed by atoms with Crippen LogP contribution in [0.1, 0.15) is 34.0 Å². The molecule has 3 amide bonds. The van der Waals surface area contributed by atoms with E-state index in [0.29, 0.717) is 11.4 Å². The van der Waals surface area contributed by atoms with Crippen molar-refractivity contribution in [1.82, 2.24) is 10.2 Å². The number of fused-ring (bicyclic) bond motifs is 2. The summed E-state index contributed by atoms with van der Waals surface area (Å²) in [6, 6.07) is 32.5. The number of imide groups is 1. The van der Waals surface area contributed by atoms with Crippen molar-refractivity contribution in [3.8, 4) is 0 Å². The Hall–Kier alpha value is -3.94. The number of urea groups is 1. The summed E-state index contributed by atoms with van der Waals surface area (Å²) in [5.74, 6) is -0.269. The molecule has 41 heavy (non-hydrogen) atoms. The van der Waals surface area contributed by atoms with Gasteiger partial charge < -0.3 is 10.2 Å². The van der Waals surface area contributed by atoms with Crippen molar-refractivity contribution in [1.29, 1.82) is 0 Å². The lowest BCUT2D eigenvalue weighted by Crippen LogP contribution is -2.42. The molecule has 4 aromatic rings. The number of aryl methyl sites for hydroxylation is 2. The number of benzene rings is 4. The van der Waals surface area contributed by atoms with Gasteiger partial charge in [0.15, 0.2) is 0 Å². The van der Waals surface area contributed by atoms with Crippen LogP contribution in [-0.2, 0) is 4.79 Å². The van der Waals surface area contributed by atoms with Crippen LogP contribution in [-0.4, -0.2) is 29.9 Å². The number of anilines is 2. The second kappa shape index (κ2) is 11.9. The van der Waals surface area contributed by atoms with Crippen LogP contribution in [0.25, 0.3) is 6.08 Å². The SMILES string of the molecule is Cc1ccc(/C=C2/SC(c3ccc(C)cc3)N(C(=O)NCCCN3c4ccccc4Sc4ccccc43)C2=O)cc1. The van der Waals surface area contributed by atoms with Gasteiger partial charge in [-0.25, -0.2) is 9.69 Å². The summed E-state index contributed by atoms with van der Waals surface area (Å²) in [6.45, 7) is 5.27. The minimum absolute atomic E-state index is 0.269. The Bertz CT molecular complexity index is 1570. The molecule has 6 rings (SSSR count). The molecule has 5 nitrogen and oxygen atoms in total. The van der Waals surface area contributed by atoms with Crippen molar-refractivity contribution in [2.45, 2.75) is 35.4 Å². The molecule has 1 fully saturated rings. The predicted octanol–water partition coefficient (Wildman–Crippen LogP) is 8.32. The average Bonchev–Trinajstić information content (AvgIpc) is 3.31. The number of hydrogen-bond donors (Lipinski definition) is 1. The quantitative estimate of drug-likeness (QED) is 0.184. The predicted molar refractivity (Wildman–Crippen MR) is 170 cm³/mol. The first-order valence-electron chi connectivity index (χ1n) is 13.7. The molecule has 0 radical (unpaired) electrons. The maximum Gasteiger partial charge on any atom is 0.325 e. The van der Waals surface area contributed by atoms with E-state index in [1.165, 1.54) is 37.8 Å². The molecule has 206 valence electrons. The summed E-state index contributed by atoms with van der Waals surface area (Å²) in [7, 11) is 0. The minimum atomic E-state index is -0.419. The molecule has 0 bridgehead atoms. The molecule has 2 heterocycles. The van der Waals surface area contributed by atoms with Gasteiger partial charge in [-0.3, -0.25) is 4.79 Å². The second-order valence-corrected chi connectivity index (χ2v) is 12.5. The van der Waals surface area contributed by atoms with E-state index < -0.39 is 5.37 Å². The molecular weight excluding hydrogens is 547 g/mol. The monoisotopic (exact) mass is 577 g/mol. The highest BCUT2D eigenvalue weighted by atomic mass is 32.2. The topological polar surface area (TPSA) is 52.7 Å². The second-order valence-electron chi connectivity index (χ2n) is 10.2. The molecule has 0 spiro atoms. The van der Waals surface area contributed by atoms with Crippen LogP contribution in [0.4, 0.5) is 16.2 Å². The lowest BCUT2D eigenvalue weighted by molar-refractivity contribution is -0.123. The Morgan fingerprint density at radius 1 is 0.829 bits per heavy atom. The highest BCUT2D eigenvalue weighted by Crippen LogP contribution is 2.48. The zero-order valence-electron chi connectivity index (χ0n) is 23.0. The summed E-state index contributed by atoms with van der Waals surface area (Å²) in [5.41, 5.74) is 6.52. The van der Waals surface area contributed by atoms with E-state index >= 15 is 0 Å². The summed E-state index contributed by atoms with van der Waals surface area (Å²) < 4.78 is 0. The molecule has 7 heteroatoms. The van der Waals surface area contributed by atoms with Gasteiger partial charge in [0, 0.05) is 22.9 Å². The van der Waals surface area contributed by atoms with Crippen LogP contribution in [0.2, 0.25) is 0 Å². The Morgan fingerprint density at radius 3 is 2.05 bits per heavy atom. The van der Waals surface area contributed by atoms with E-state index in [9.17, 15) is 9.59 Å². The van der Waals surface area contributed by atoms with Gasteiger partial charge in [0.05, 0.1) is 16.3 Å². The first-order chi connectivity index (χ1) is 20.0. The lowest BCUT2D eigenvalue weighted by Gasteiger charge is -2.32. The van der Waals surface area contributed by atoms with Crippen LogP contribution in [0.3, 0.4) is 0 Å². The van der Waals surface area contributed by atoms with E-state index in [-0.39, 0.29) is 11.9 Å². The molecule has 2 aliphatic rings. The Kier molecular flexibility index (Phi) is 7.90. The van der Waals surface area contributed by atoms with Crippen molar-refractivity contribution in [2.75, 3.05) is 18.0 Å². The molecule has 1 atom stereocenters. The van der Waals surface area contributed by atoms with Crippen LogP contribution in [0.5, 0.6) is 0 Å². The summed E-state index contributed by atoms with van der Waals surface area (Å²) >= 11 is 3.21. The molecular formula is C34H31N3O2S2. The zero-order chi connectivity index (χ0) is 28.3. The van der Waals surface area contributed by atoms with E-state index in [0.717, 1.165) is 35.2 Å². The maximum atomic E-state index is 13.6. The molecule has 0 saturated carbocycles. The van der Waals surface area contributed by atoms with Gasteiger partial charge in [0.25, 0.3) is 5.91 Å². The molecule has 1 N–H and O–H groups in total. The number of rotatable bonds is 6. The number of nitrogens with one attached hydrogen (secondary N) is 1. The van der Waals surface area contributed by atoms with Crippen LogP contribution >= 0.6 is 23.5 Å². The molecule has 1 unspecified atom stereocenters. The van der Waals surface area contributed by atoms with Gasteiger partial charge in [-0.05, 0) is 61.7 Å². The summed E-state index contributed by atoms with van der Waals surface area (Å²) in [5, 5.41) is 2.62. The normalized spacial score (nSPS) is 17.0. The van der Waals surface area contributed by atoms with Crippen molar-refractivity contribution in [2.24, 2.45) is 0 Å². The molecule has 2 aliphatic heterocycles. The lowest BCUT2D eigenvalue weighted by atomic mass is 10.1. The third-order valence-corrected chi connectivity index (χ3v) is 9.61. The highest BCUT2D eigenvalue weighted by Gasteiger charge is 2.41. The van der Waals surface area contributed by atoms with Crippen LogP contribution in [0.15, 0.2) is 112 Å². The summed E-state index contributed by atoms with van der Waals surface area (Å²) in [6.07, 6.45) is 2.61. The fraction of sp³-hybridized carbons (Fsp3) is 0.176. The number of nitrogens with zero attached hydrogens (tertiary/aromatic N) is 2. The molecule has 0 aromatic heterocycles. The number of hydrogen-bond acceptors (Lipinski definition) is 5. The zero-order valence-corrected chi connectivity index (χ0v) is 24.7. The van der Waals surface area contributed by atoms with Gasteiger partial charge in [-0.2, -0.15) is 0 Å². The molecule has 4 aromatic carbocycles. The largest absolute Gasteiger partial charge is 0.340 e. The fourth-order valence-corrected chi connectivity index (χ4v) is 7.37. The van der Waals surface area contributed by atoms with E-state index in [4.69, 9.17) is 0 Å². The van der Waals surface area contributed by atoms with Crippen molar-refractivity contribution < 1.29 is 9.59 Å². The number of carbonyl (C=O) groups is 2. The fourth-order valence-electron chi connectivity index (χ4n) is 5.05. The van der Waals surface area contributed by atoms with Crippen LogP contribution in [0, 0.1) is 13.8 Å². The third-order valence-electron chi connectivity index (χ3n) is 7.23. The van der Waals surface area contributed by atoms with Gasteiger partial charge in [0.2, 0.25) is 0 Å². The van der Waals surface area contributed by atoms with Gasteiger partial charge >= 0.3 is 6.03 Å². The standard InChI is InChI=1S/C34H31N3O2S2/c1-23-12-16-25(17-13-23)22-31-32(38)37(33(41-31)26-18-14-24(2)15-19-26)34(39)35-20-7-21-36-27-8-3-5-10-29(27)40-30-11-6-4-9-28(30)36/h3-6,8-19,22,33H,7,20-21H2,1-2H3,(H,35,39)/b31-22+. The first kappa shape index (κ1) is 27.2. The Balaban J connectivity index is 1.17. The summed E-state index contributed by atoms with van der Waals surface area (Å²) in [4.78, 5) is 33.8. The average molecular weight is 578 g/mol. The maximum absolute atomic E-state index is 13.6. The van der Waals surface area contributed by atoms with Gasteiger partial charge in [-0.15, -0.1) is 0 Å². The van der Waals surface area contributed by atoms with Gasteiger partial charge in [0.1, 0.15) is 5.37 Å². The number of carbonyl (C=O) groups excluding carboxylic acids is 2. The number of thioether (sulfide) groups is 1. The third kappa shape index (κ3) is 5.78. The number of amides is 3. The number of para-hydroxylation sites is 2. The van der Waals surface area contributed by atoms with Crippen molar-refractivity contribution in [3.63, 3.8) is 0 Å². The smallest absolute Gasteiger partial charge is 0.325 e. The minimum Gasteiger partial charge on any atom is -0.340 e. The molecule has 0 aliphatic carbocycles. The molecule has 1 saturated heterocycles. The van der Waals surface area contributed by atoms with E-state index in [1.807, 2.05) is 68.5 Å². The van der Waals surface area contributed by atoms with Crippen molar-refractivity contribution in [3.05, 3.63) is 124 Å². The van der Waals surface area contributed by atoms with E-state index in [2.05, 4.69) is 58.7 Å². The van der Waals surface area contributed by atoms with E-state index in [1.54, 1.807) is 11.8 Å².